The van der Waals surface area contributed by atoms with E-state index in [0.29, 0.717) is 6.33 Å². The second-order valence-electron chi connectivity index (χ2n) is 9.27. The molecule has 1 aromatic carbocycles. The van der Waals surface area contributed by atoms with Gasteiger partial charge in [0.2, 0.25) is 0 Å². The summed E-state index contributed by atoms with van der Waals surface area (Å²) < 4.78 is 41.6. The Morgan fingerprint density at radius 2 is 1.60 bits per heavy atom. The molecule has 2 aliphatic rings. The van der Waals surface area contributed by atoms with E-state index < -0.39 is 11.6 Å². The molecule has 0 heterocycles. The summed E-state index contributed by atoms with van der Waals surface area (Å²) in [5.74, 6) is 6.22. The van der Waals surface area contributed by atoms with E-state index in [-0.39, 0.29) is 23.3 Å². The molecule has 1 aromatic rings. The van der Waals surface area contributed by atoms with Crippen LogP contribution in [-0.2, 0) is 0 Å². The summed E-state index contributed by atoms with van der Waals surface area (Å²) in [5, 5.41) is 0. The maximum Gasteiger partial charge on any atom is 0.142 e. The van der Waals surface area contributed by atoms with Crippen LogP contribution in [-0.4, -0.2) is 0 Å². The van der Waals surface area contributed by atoms with Crippen molar-refractivity contribution in [1.82, 2.24) is 0 Å². The van der Waals surface area contributed by atoms with Crippen molar-refractivity contribution < 1.29 is 13.2 Å². The van der Waals surface area contributed by atoms with Crippen LogP contribution in [0, 0.1) is 41.2 Å². The first-order valence-corrected chi connectivity index (χ1v) is 11.9. The van der Waals surface area contributed by atoms with Crippen molar-refractivity contribution in [3.63, 3.8) is 0 Å². The van der Waals surface area contributed by atoms with Gasteiger partial charge in [-0.1, -0.05) is 50.5 Å². The highest BCUT2D eigenvalue weighted by Gasteiger charge is 2.24. The molecule has 2 fully saturated rings. The highest BCUT2D eigenvalue weighted by molar-refractivity contribution is 5.40. The van der Waals surface area contributed by atoms with Crippen LogP contribution in [0.15, 0.2) is 24.5 Å². The monoisotopic (exact) mass is 416 g/mol. The molecule has 2 saturated carbocycles. The number of unbranched alkanes of at least 4 members (excludes halogenated alkanes) is 2. The maximum absolute atomic E-state index is 14.7. The number of rotatable bonds is 6. The fraction of sp³-hybridized carbons (Fsp3) is 0.630. The largest absolute Gasteiger partial charge is 0.216 e. The van der Waals surface area contributed by atoms with Crippen molar-refractivity contribution in [2.24, 2.45) is 17.8 Å². The SMILES string of the molecule is CCCCC[C@H]1CC[C@H](c2cc(F)c(C#CC3CCC(/C=C/F)CC3)c(F)c2)CC1. The molecule has 0 spiro atoms. The van der Waals surface area contributed by atoms with Gasteiger partial charge in [-0.05, 0) is 86.8 Å². The van der Waals surface area contributed by atoms with Gasteiger partial charge in [0.15, 0.2) is 0 Å². The molecule has 0 N–H and O–H groups in total. The molecule has 0 amide bonds. The molecular weight excluding hydrogens is 381 g/mol. The van der Waals surface area contributed by atoms with Crippen molar-refractivity contribution >= 4 is 0 Å². The van der Waals surface area contributed by atoms with Gasteiger partial charge in [0.1, 0.15) is 11.6 Å². The highest BCUT2D eigenvalue weighted by atomic mass is 19.1. The minimum absolute atomic E-state index is 0.0993. The van der Waals surface area contributed by atoms with Gasteiger partial charge in [0.05, 0.1) is 11.9 Å². The van der Waals surface area contributed by atoms with Gasteiger partial charge in [-0.15, -0.1) is 0 Å². The van der Waals surface area contributed by atoms with E-state index in [1.807, 2.05) is 0 Å². The zero-order valence-electron chi connectivity index (χ0n) is 18.2. The van der Waals surface area contributed by atoms with E-state index in [0.717, 1.165) is 50.0 Å². The molecule has 0 nitrogen and oxygen atoms in total. The Labute approximate surface area is 180 Å². The van der Waals surface area contributed by atoms with Crippen molar-refractivity contribution in [2.45, 2.75) is 89.9 Å². The molecule has 3 rings (SSSR count). The van der Waals surface area contributed by atoms with E-state index in [4.69, 9.17) is 0 Å². The van der Waals surface area contributed by atoms with Gasteiger partial charge < -0.3 is 0 Å². The fourth-order valence-electron chi connectivity index (χ4n) is 5.15. The average Bonchev–Trinajstić information content (AvgIpc) is 2.75. The molecule has 0 bridgehead atoms. The summed E-state index contributed by atoms with van der Waals surface area (Å²) in [6.45, 7) is 2.23. The number of benzene rings is 1. The van der Waals surface area contributed by atoms with E-state index in [9.17, 15) is 13.2 Å². The van der Waals surface area contributed by atoms with Crippen molar-refractivity contribution in [2.75, 3.05) is 0 Å². The van der Waals surface area contributed by atoms with Gasteiger partial charge in [-0.25, -0.2) is 13.2 Å². The van der Waals surface area contributed by atoms with Crippen molar-refractivity contribution in [3.05, 3.63) is 47.3 Å². The molecule has 164 valence electrons. The van der Waals surface area contributed by atoms with Crippen LogP contribution in [0.3, 0.4) is 0 Å². The first-order chi connectivity index (χ1) is 14.6. The summed E-state index contributed by atoms with van der Waals surface area (Å²) >= 11 is 0. The molecule has 2 aliphatic carbocycles. The summed E-state index contributed by atoms with van der Waals surface area (Å²) in [5.41, 5.74) is 0.693. The van der Waals surface area contributed by atoms with E-state index in [1.165, 1.54) is 50.7 Å². The van der Waals surface area contributed by atoms with Crippen LogP contribution in [0.2, 0.25) is 0 Å². The molecule has 30 heavy (non-hydrogen) atoms. The Morgan fingerprint density at radius 3 is 2.20 bits per heavy atom. The Kier molecular flexibility index (Phi) is 8.91. The van der Waals surface area contributed by atoms with Crippen LogP contribution < -0.4 is 0 Å². The molecule has 0 radical (unpaired) electrons. The van der Waals surface area contributed by atoms with E-state index in [2.05, 4.69) is 18.8 Å². The van der Waals surface area contributed by atoms with Crippen molar-refractivity contribution in [3.8, 4) is 11.8 Å². The third-order valence-corrected chi connectivity index (χ3v) is 7.12. The minimum atomic E-state index is -0.531. The van der Waals surface area contributed by atoms with Gasteiger partial charge >= 0.3 is 0 Å². The Hall–Kier alpha value is -1.69. The Balaban J connectivity index is 1.58. The lowest BCUT2D eigenvalue weighted by molar-refractivity contribution is 0.302. The lowest BCUT2D eigenvalue weighted by Crippen LogP contribution is -2.14. The third-order valence-electron chi connectivity index (χ3n) is 7.12. The van der Waals surface area contributed by atoms with Gasteiger partial charge in [0.25, 0.3) is 0 Å². The van der Waals surface area contributed by atoms with E-state index in [1.54, 1.807) is 6.08 Å². The fourth-order valence-corrected chi connectivity index (χ4v) is 5.15. The standard InChI is InChI=1S/C27H35F3/c1-2-3-4-5-20-10-13-23(14-11-20)24-18-26(29)25(27(30)19-24)15-12-21-6-8-22(9-7-21)16-17-28/h16-23H,2-11,13-14H2,1H3/b17-16+/t20-,21?,22?,23-. The first-order valence-electron chi connectivity index (χ1n) is 11.9. The van der Waals surface area contributed by atoms with Gasteiger partial charge in [-0.3, -0.25) is 0 Å². The molecular formula is C27H35F3. The summed E-state index contributed by atoms with van der Waals surface area (Å²) in [6, 6.07) is 3.02. The number of halogens is 3. The average molecular weight is 417 g/mol. The van der Waals surface area contributed by atoms with Crippen molar-refractivity contribution in [1.29, 1.82) is 0 Å². The van der Waals surface area contributed by atoms with Crippen LogP contribution in [0.25, 0.3) is 0 Å². The minimum Gasteiger partial charge on any atom is -0.216 e. The molecule has 0 unspecified atom stereocenters. The lowest BCUT2D eigenvalue weighted by atomic mass is 9.77. The normalized spacial score (nSPS) is 27.1. The zero-order chi connectivity index (χ0) is 21.3. The summed E-state index contributed by atoms with van der Waals surface area (Å²) in [7, 11) is 0. The molecule has 0 aliphatic heterocycles. The predicted molar refractivity (Wildman–Crippen MR) is 118 cm³/mol. The summed E-state index contributed by atoms with van der Waals surface area (Å²) in [6.07, 6.45) is 15.2. The quantitative estimate of drug-likeness (QED) is 0.322. The van der Waals surface area contributed by atoms with Gasteiger partial charge in [0, 0.05) is 5.92 Å². The third kappa shape index (κ3) is 6.40. The first kappa shape index (κ1) is 23.0. The second kappa shape index (κ2) is 11.6. The number of allylic oxidation sites excluding steroid dienone is 1. The number of hydrogen-bond acceptors (Lipinski definition) is 0. The maximum atomic E-state index is 14.7. The van der Waals surface area contributed by atoms with E-state index >= 15 is 0 Å². The molecule has 0 aromatic heterocycles. The molecule has 3 heteroatoms. The Bertz CT molecular complexity index is 731. The van der Waals surface area contributed by atoms with Crippen LogP contribution >= 0.6 is 0 Å². The van der Waals surface area contributed by atoms with Crippen LogP contribution in [0.5, 0.6) is 0 Å². The van der Waals surface area contributed by atoms with Gasteiger partial charge in [-0.2, -0.15) is 0 Å². The highest BCUT2D eigenvalue weighted by Crippen LogP contribution is 2.38. The molecule has 0 atom stereocenters. The number of hydrogen-bond donors (Lipinski definition) is 0. The second-order valence-corrected chi connectivity index (χ2v) is 9.27. The smallest absolute Gasteiger partial charge is 0.142 e. The topological polar surface area (TPSA) is 0 Å². The van der Waals surface area contributed by atoms with Crippen LogP contribution in [0.4, 0.5) is 13.2 Å². The summed E-state index contributed by atoms with van der Waals surface area (Å²) in [4.78, 5) is 0. The predicted octanol–water partition coefficient (Wildman–Crippen LogP) is 8.46. The Morgan fingerprint density at radius 1 is 0.933 bits per heavy atom. The zero-order valence-corrected chi connectivity index (χ0v) is 18.2. The molecule has 0 saturated heterocycles. The van der Waals surface area contributed by atoms with Crippen LogP contribution in [0.1, 0.15) is 101 Å². The lowest BCUT2D eigenvalue weighted by Gasteiger charge is -2.29.